The summed E-state index contributed by atoms with van der Waals surface area (Å²) < 4.78 is 0. The van der Waals surface area contributed by atoms with Crippen LogP contribution in [0.2, 0.25) is 5.02 Å². The van der Waals surface area contributed by atoms with Crippen molar-refractivity contribution in [1.29, 1.82) is 0 Å². The van der Waals surface area contributed by atoms with Crippen LogP contribution in [0.15, 0.2) is 24.3 Å². The highest BCUT2D eigenvalue weighted by Crippen LogP contribution is 2.31. The van der Waals surface area contributed by atoms with E-state index in [4.69, 9.17) is 11.6 Å². The number of aromatic nitrogens is 2. The lowest BCUT2D eigenvalue weighted by Gasteiger charge is -2.24. The lowest BCUT2D eigenvalue weighted by molar-refractivity contribution is -0.120. The van der Waals surface area contributed by atoms with E-state index in [0.717, 1.165) is 18.7 Å². The van der Waals surface area contributed by atoms with Crippen molar-refractivity contribution >= 4 is 34.0 Å². The highest BCUT2D eigenvalue weighted by Gasteiger charge is 2.20. The standard InChI is InChI=1S/C15H19ClN4OS/c1-4-20(5-2)10(3)13(21)17-15-19-18-14(22-15)11-8-6-7-9-12(11)16/h6-10H,4-5H2,1-3H3,(H,17,19,21). The molecule has 5 nitrogen and oxygen atoms in total. The molecule has 1 aromatic heterocycles. The van der Waals surface area contributed by atoms with Crippen LogP contribution >= 0.6 is 22.9 Å². The van der Waals surface area contributed by atoms with Gasteiger partial charge in [0, 0.05) is 5.56 Å². The van der Waals surface area contributed by atoms with Gasteiger partial charge in [-0.05, 0) is 26.1 Å². The Hall–Kier alpha value is -1.50. The van der Waals surface area contributed by atoms with Crippen LogP contribution in [0, 0.1) is 0 Å². The SMILES string of the molecule is CCN(CC)C(C)C(=O)Nc1nnc(-c2ccccc2Cl)s1. The summed E-state index contributed by atoms with van der Waals surface area (Å²) in [7, 11) is 0. The minimum atomic E-state index is -0.206. The Morgan fingerprint density at radius 2 is 2.00 bits per heavy atom. The lowest BCUT2D eigenvalue weighted by atomic mass is 10.2. The molecule has 22 heavy (non-hydrogen) atoms. The molecule has 0 spiro atoms. The summed E-state index contributed by atoms with van der Waals surface area (Å²) in [5.74, 6) is -0.0782. The first-order chi connectivity index (χ1) is 10.6. The number of hydrogen-bond acceptors (Lipinski definition) is 5. The molecule has 0 radical (unpaired) electrons. The summed E-state index contributed by atoms with van der Waals surface area (Å²) in [6, 6.07) is 7.24. The second-order valence-electron chi connectivity index (χ2n) is 4.78. The Kier molecular flexibility index (Phi) is 5.88. The van der Waals surface area contributed by atoms with Crippen molar-refractivity contribution in [2.45, 2.75) is 26.8 Å². The zero-order valence-electron chi connectivity index (χ0n) is 12.8. The van der Waals surface area contributed by atoms with Gasteiger partial charge in [0.2, 0.25) is 11.0 Å². The number of halogens is 1. The van der Waals surface area contributed by atoms with Gasteiger partial charge in [0.05, 0.1) is 11.1 Å². The Labute approximate surface area is 139 Å². The number of hydrogen-bond donors (Lipinski definition) is 1. The third-order valence-corrected chi connectivity index (χ3v) is 4.70. The van der Waals surface area contributed by atoms with E-state index < -0.39 is 0 Å². The maximum Gasteiger partial charge on any atom is 0.243 e. The first-order valence-corrected chi connectivity index (χ1v) is 8.39. The Bertz CT molecular complexity index is 642. The second kappa shape index (κ2) is 7.67. The van der Waals surface area contributed by atoms with E-state index in [9.17, 15) is 4.79 Å². The normalized spacial score (nSPS) is 12.4. The summed E-state index contributed by atoms with van der Waals surface area (Å²) >= 11 is 7.46. The number of nitrogens with zero attached hydrogens (tertiary/aromatic N) is 3. The number of benzene rings is 1. The monoisotopic (exact) mass is 338 g/mol. The molecule has 0 bridgehead atoms. The first-order valence-electron chi connectivity index (χ1n) is 7.20. The van der Waals surface area contributed by atoms with Crippen LogP contribution < -0.4 is 5.32 Å². The molecule has 1 heterocycles. The van der Waals surface area contributed by atoms with Gasteiger partial charge in [0.1, 0.15) is 0 Å². The maximum absolute atomic E-state index is 12.2. The number of anilines is 1. The Morgan fingerprint density at radius 3 is 2.64 bits per heavy atom. The van der Waals surface area contributed by atoms with Crippen molar-refractivity contribution in [3.63, 3.8) is 0 Å². The van der Waals surface area contributed by atoms with Gasteiger partial charge >= 0.3 is 0 Å². The van der Waals surface area contributed by atoms with Crippen molar-refractivity contribution in [2.24, 2.45) is 0 Å². The van der Waals surface area contributed by atoms with Crippen molar-refractivity contribution in [2.75, 3.05) is 18.4 Å². The highest BCUT2D eigenvalue weighted by atomic mass is 35.5. The van der Waals surface area contributed by atoms with Gasteiger partial charge in [-0.3, -0.25) is 15.0 Å². The molecule has 1 amide bonds. The van der Waals surface area contributed by atoms with E-state index in [1.165, 1.54) is 11.3 Å². The third kappa shape index (κ3) is 3.82. The number of likely N-dealkylation sites (N-methyl/N-ethyl adjacent to an activating group) is 1. The molecule has 0 aliphatic heterocycles. The largest absolute Gasteiger partial charge is 0.299 e. The molecule has 1 N–H and O–H groups in total. The molecule has 1 unspecified atom stereocenters. The summed E-state index contributed by atoms with van der Waals surface area (Å²) in [6.07, 6.45) is 0. The fourth-order valence-electron chi connectivity index (χ4n) is 2.16. The first kappa shape index (κ1) is 16.9. The van der Waals surface area contributed by atoms with Crippen LogP contribution in [0.25, 0.3) is 10.6 Å². The minimum Gasteiger partial charge on any atom is -0.299 e. The third-order valence-electron chi connectivity index (χ3n) is 3.50. The molecule has 0 aliphatic rings. The van der Waals surface area contributed by atoms with Gasteiger partial charge in [-0.25, -0.2) is 0 Å². The van der Waals surface area contributed by atoms with E-state index in [1.54, 1.807) is 6.07 Å². The molecule has 7 heteroatoms. The van der Waals surface area contributed by atoms with Crippen LogP contribution in [-0.4, -0.2) is 40.1 Å². The van der Waals surface area contributed by atoms with Crippen molar-refractivity contribution in [3.8, 4) is 10.6 Å². The fraction of sp³-hybridized carbons (Fsp3) is 0.400. The number of carbonyl (C=O) groups is 1. The predicted molar refractivity (Wildman–Crippen MR) is 91.4 cm³/mol. The molecule has 118 valence electrons. The number of nitrogens with one attached hydrogen (secondary N) is 1. The smallest absolute Gasteiger partial charge is 0.243 e. The van der Waals surface area contributed by atoms with E-state index >= 15 is 0 Å². The molecule has 0 saturated heterocycles. The van der Waals surface area contributed by atoms with E-state index in [0.29, 0.717) is 15.2 Å². The maximum atomic E-state index is 12.2. The van der Waals surface area contributed by atoms with Gasteiger partial charge in [-0.15, -0.1) is 10.2 Å². The molecule has 1 atom stereocenters. The molecular formula is C15H19ClN4OS. The van der Waals surface area contributed by atoms with E-state index in [1.807, 2.05) is 39.0 Å². The van der Waals surface area contributed by atoms with Crippen molar-refractivity contribution in [3.05, 3.63) is 29.3 Å². The molecule has 2 rings (SSSR count). The average Bonchev–Trinajstić information content (AvgIpc) is 2.97. The summed E-state index contributed by atoms with van der Waals surface area (Å²) in [5.41, 5.74) is 0.818. The van der Waals surface area contributed by atoms with Crippen molar-refractivity contribution in [1.82, 2.24) is 15.1 Å². The number of carbonyl (C=O) groups excluding carboxylic acids is 1. The van der Waals surface area contributed by atoms with Gasteiger partial charge in [-0.1, -0.05) is 55.0 Å². The van der Waals surface area contributed by atoms with Crippen LogP contribution in [0.5, 0.6) is 0 Å². The fourth-order valence-corrected chi connectivity index (χ4v) is 3.23. The molecule has 0 fully saturated rings. The van der Waals surface area contributed by atoms with Gasteiger partial charge in [-0.2, -0.15) is 0 Å². The lowest BCUT2D eigenvalue weighted by Crippen LogP contribution is -2.41. The van der Waals surface area contributed by atoms with Gasteiger partial charge in [0.15, 0.2) is 5.01 Å². The van der Waals surface area contributed by atoms with E-state index in [2.05, 4.69) is 20.4 Å². The number of rotatable bonds is 6. The zero-order valence-corrected chi connectivity index (χ0v) is 14.4. The average molecular weight is 339 g/mol. The summed E-state index contributed by atoms with van der Waals surface area (Å²) in [5, 5.41) is 12.7. The van der Waals surface area contributed by atoms with Crippen LogP contribution in [-0.2, 0) is 4.79 Å². The van der Waals surface area contributed by atoms with Crippen LogP contribution in [0.4, 0.5) is 5.13 Å². The quantitative estimate of drug-likeness (QED) is 0.875. The number of amides is 1. The molecular weight excluding hydrogens is 320 g/mol. The van der Waals surface area contributed by atoms with Crippen molar-refractivity contribution < 1.29 is 4.79 Å². The highest BCUT2D eigenvalue weighted by molar-refractivity contribution is 7.18. The van der Waals surface area contributed by atoms with Crippen LogP contribution in [0.3, 0.4) is 0 Å². The second-order valence-corrected chi connectivity index (χ2v) is 6.16. The molecule has 0 saturated carbocycles. The Balaban J connectivity index is 2.09. The zero-order chi connectivity index (χ0) is 16.1. The minimum absolute atomic E-state index is 0.0782. The topological polar surface area (TPSA) is 58.1 Å². The van der Waals surface area contributed by atoms with Crippen LogP contribution in [0.1, 0.15) is 20.8 Å². The molecule has 2 aromatic rings. The van der Waals surface area contributed by atoms with E-state index in [-0.39, 0.29) is 11.9 Å². The Morgan fingerprint density at radius 1 is 1.32 bits per heavy atom. The molecule has 0 aliphatic carbocycles. The molecule has 1 aromatic carbocycles. The summed E-state index contributed by atoms with van der Waals surface area (Å²) in [4.78, 5) is 14.3. The van der Waals surface area contributed by atoms with Gasteiger partial charge in [0.25, 0.3) is 0 Å². The summed E-state index contributed by atoms with van der Waals surface area (Å²) in [6.45, 7) is 7.61. The predicted octanol–water partition coefficient (Wildman–Crippen LogP) is 3.53. The van der Waals surface area contributed by atoms with Gasteiger partial charge < -0.3 is 0 Å².